The fourth-order valence-electron chi connectivity index (χ4n) is 1.20. The zero-order valence-corrected chi connectivity index (χ0v) is 9.76. The van der Waals surface area contributed by atoms with Crippen LogP contribution in [0.3, 0.4) is 0 Å². The van der Waals surface area contributed by atoms with Gasteiger partial charge in [0.1, 0.15) is 11.9 Å². The molecular formula is C12H17N3. The molecule has 0 radical (unpaired) electrons. The van der Waals surface area contributed by atoms with E-state index in [9.17, 15) is 0 Å². The van der Waals surface area contributed by atoms with Gasteiger partial charge in [-0.1, -0.05) is 6.92 Å². The van der Waals surface area contributed by atoms with Gasteiger partial charge in [0.15, 0.2) is 0 Å². The van der Waals surface area contributed by atoms with Crippen molar-refractivity contribution in [3.8, 4) is 6.07 Å². The first kappa shape index (κ1) is 11.5. The first-order chi connectivity index (χ1) is 7.00. The lowest BCUT2D eigenvalue weighted by atomic mass is 10.0. The molecule has 0 saturated heterocycles. The number of nitrogens with zero attached hydrogens (tertiary/aromatic N) is 2. The minimum Gasteiger partial charge on any atom is -0.364 e. The summed E-state index contributed by atoms with van der Waals surface area (Å²) < 4.78 is 0. The third-order valence-electron chi connectivity index (χ3n) is 2.61. The van der Waals surface area contributed by atoms with Gasteiger partial charge in [0.2, 0.25) is 0 Å². The van der Waals surface area contributed by atoms with Crippen molar-refractivity contribution in [3.63, 3.8) is 0 Å². The van der Waals surface area contributed by atoms with Gasteiger partial charge in [-0.05, 0) is 38.8 Å². The monoisotopic (exact) mass is 203 g/mol. The molecule has 15 heavy (non-hydrogen) atoms. The number of aromatic nitrogens is 1. The van der Waals surface area contributed by atoms with Gasteiger partial charge in [-0.2, -0.15) is 5.26 Å². The molecule has 0 aliphatic heterocycles. The summed E-state index contributed by atoms with van der Waals surface area (Å²) in [6.45, 7) is 8.22. The number of hydrogen-bond acceptors (Lipinski definition) is 3. The van der Waals surface area contributed by atoms with Gasteiger partial charge in [-0.25, -0.2) is 4.98 Å². The lowest BCUT2D eigenvalue weighted by Crippen LogP contribution is -2.30. The average Bonchev–Trinajstić information content (AvgIpc) is 2.18. The predicted octanol–water partition coefficient (Wildman–Crippen LogP) is 2.86. The predicted molar refractivity (Wildman–Crippen MR) is 61.7 cm³/mol. The first-order valence-corrected chi connectivity index (χ1v) is 5.14. The van der Waals surface area contributed by atoms with E-state index in [1.54, 1.807) is 6.20 Å². The molecule has 0 atom stereocenters. The Hall–Kier alpha value is -1.56. The molecule has 0 fully saturated rings. The Morgan fingerprint density at radius 1 is 1.53 bits per heavy atom. The van der Waals surface area contributed by atoms with E-state index in [1.807, 2.05) is 13.0 Å². The van der Waals surface area contributed by atoms with Gasteiger partial charge >= 0.3 is 0 Å². The van der Waals surface area contributed by atoms with Gasteiger partial charge in [0, 0.05) is 11.7 Å². The Bertz CT molecular complexity index is 388. The fraction of sp³-hybridized carbons (Fsp3) is 0.500. The second kappa shape index (κ2) is 4.31. The van der Waals surface area contributed by atoms with Crippen molar-refractivity contribution in [2.45, 2.75) is 39.7 Å². The summed E-state index contributed by atoms with van der Waals surface area (Å²) in [6.07, 6.45) is 2.71. The van der Waals surface area contributed by atoms with Crippen molar-refractivity contribution >= 4 is 5.82 Å². The zero-order valence-electron chi connectivity index (χ0n) is 9.76. The Morgan fingerprint density at radius 2 is 2.20 bits per heavy atom. The molecule has 1 heterocycles. The highest BCUT2D eigenvalue weighted by atomic mass is 15.0. The molecular weight excluding hydrogens is 186 g/mol. The van der Waals surface area contributed by atoms with Crippen LogP contribution in [-0.4, -0.2) is 10.5 Å². The molecule has 0 aromatic carbocycles. The third kappa shape index (κ3) is 2.69. The second-order valence-electron chi connectivity index (χ2n) is 4.33. The number of rotatable bonds is 3. The maximum atomic E-state index is 9.04. The van der Waals surface area contributed by atoms with E-state index >= 15 is 0 Å². The summed E-state index contributed by atoms with van der Waals surface area (Å²) in [5, 5.41) is 12.3. The van der Waals surface area contributed by atoms with Crippen LogP contribution in [0, 0.1) is 18.3 Å². The molecule has 3 nitrogen and oxygen atoms in total. The summed E-state index contributed by atoms with van der Waals surface area (Å²) in [7, 11) is 0. The van der Waals surface area contributed by atoms with Gasteiger partial charge < -0.3 is 5.32 Å². The van der Waals surface area contributed by atoms with E-state index in [4.69, 9.17) is 5.26 Å². The highest BCUT2D eigenvalue weighted by Crippen LogP contribution is 2.21. The highest BCUT2D eigenvalue weighted by molar-refractivity contribution is 5.56. The molecule has 80 valence electrons. The van der Waals surface area contributed by atoms with Crippen LogP contribution in [-0.2, 0) is 0 Å². The van der Waals surface area contributed by atoms with E-state index in [2.05, 4.69) is 37.1 Å². The second-order valence-corrected chi connectivity index (χ2v) is 4.33. The lowest BCUT2D eigenvalue weighted by molar-refractivity contribution is 0.544. The minimum absolute atomic E-state index is 0.0353. The molecule has 1 aromatic heterocycles. The van der Waals surface area contributed by atoms with E-state index in [0.717, 1.165) is 12.0 Å². The first-order valence-electron chi connectivity index (χ1n) is 5.14. The summed E-state index contributed by atoms with van der Waals surface area (Å²) in [5.74, 6) is 0.685. The number of nitrogens with one attached hydrogen (secondary N) is 1. The Kier molecular flexibility index (Phi) is 3.31. The molecule has 3 heteroatoms. The van der Waals surface area contributed by atoms with Crippen LogP contribution in [0.15, 0.2) is 12.3 Å². The van der Waals surface area contributed by atoms with Gasteiger partial charge in [-0.15, -0.1) is 0 Å². The molecule has 1 aromatic rings. The summed E-state index contributed by atoms with van der Waals surface area (Å²) in [4.78, 5) is 4.21. The third-order valence-corrected chi connectivity index (χ3v) is 2.61. The van der Waals surface area contributed by atoms with Crippen molar-refractivity contribution in [3.05, 3.63) is 23.4 Å². The average molecular weight is 203 g/mol. The SMILES string of the molecule is CCC(C)(C)Nc1nccc(C)c1C#N. The van der Waals surface area contributed by atoms with Crippen LogP contribution in [0.1, 0.15) is 38.3 Å². The molecule has 0 aliphatic rings. The van der Waals surface area contributed by atoms with Crippen LogP contribution >= 0.6 is 0 Å². The van der Waals surface area contributed by atoms with E-state index < -0.39 is 0 Å². The van der Waals surface area contributed by atoms with Crippen LogP contribution in [0.5, 0.6) is 0 Å². The van der Waals surface area contributed by atoms with E-state index in [1.165, 1.54) is 0 Å². The van der Waals surface area contributed by atoms with Crippen molar-refractivity contribution in [2.24, 2.45) is 0 Å². The van der Waals surface area contributed by atoms with Crippen molar-refractivity contribution in [2.75, 3.05) is 5.32 Å². The molecule has 1 rings (SSSR count). The van der Waals surface area contributed by atoms with Crippen molar-refractivity contribution < 1.29 is 0 Å². The number of aryl methyl sites for hydroxylation is 1. The summed E-state index contributed by atoms with van der Waals surface area (Å²) in [6, 6.07) is 4.04. The molecule has 0 aliphatic carbocycles. The van der Waals surface area contributed by atoms with Crippen molar-refractivity contribution in [1.82, 2.24) is 4.98 Å². The summed E-state index contributed by atoms with van der Waals surface area (Å²) in [5.41, 5.74) is 1.56. The number of anilines is 1. The van der Waals surface area contributed by atoms with Crippen LogP contribution in [0.4, 0.5) is 5.82 Å². The van der Waals surface area contributed by atoms with E-state index in [-0.39, 0.29) is 5.54 Å². The standard InChI is InChI=1S/C12H17N3/c1-5-12(3,4)15-11-10(8-13)9(2)6-7-14-11/h6-7H,5H2,1-4H3,(H,14,15). The Morgan fingerprint density at radius 3 is 2.73 bits per heavy atom. The van der Waals surface area contributed by atoms with Gasteiger partial charge in [0.05, 0.1) is 5.56 Å². The number of nitriles is 1. The smallest absolute Gasteiger partial charge is 0.144 e. The zero-order chi connectivity index (χ0) is 11.5. The molecule has 0 spiro atoms. The normalized spacial score (nSPS) is 10.9. The van der Waals surface area contributed by atoms with Gasteiger partial charge in [-0.3, -0.25) is 0 Å². The number of pyridine rings is 1. The molecule has 1 N–H and O–H groups in total. The number of hydrogen-bond donors (Lipinski definition) is 1. The van der Waals surface area contributed by atoms with Crippen molar-refractivity contribution in [1.29, 1.82) is 5.26 Å². The van der Waals surface area contributed by atoms with E-state index in [0.29, 0.717) is 11.4 Å². The topological polar surface area (TPSA) is 48.7 Å². The Labute approximate surface area is 91.1 Å². The minimum atomic E-state index is -0.0353. The molecule has 0 unspecified atom stereocenters. The molecule has 0 bridgehead atoms. The molecule has 0 amide bonds. The van der Waals surface area contributed by atoms with Crippen LogP contribution in [0.25, 0.3) is 0 Å². The van der Waals surface area contributed by atoms with Crippen LogP contribution < -0.4 is 5.32 Å². The maximum Gasteiger partial charge on any atom is 0.144 e. The van der Waals surface area contributed by atoms with Gasteiger partial charge in [0.25, 0.3) is 0 Å². The fourth-order valence-corrected chi connectivity index (χ4v) is 1.20. The van der Waals surface area contributed by atoms with Crippen LogP contribution in [0.2, 0.25) is 0 Å². The Balaban J connectivity index is 3.06. The largest absolute Gasteiger partial charge is 0.364 e. The molecule has 0 saturated carbocycles. The summed E-state index contributed by atoms with van der Waals surface area (Å²) >= 11 is 0. The lowest BCUT2D eigenvalue weighted by Gasteiger charge is -2.25. The maximum absolute atomic E-state index is 9.04. The highest BCUT2D eigenvalue weighted by Gasteiger charge is 2.17. The quantitative estimate of drug-likeness (QED) is 0.821.